The van der Waals surface area contributed by atoms with Crippen LogP contribution in [-0.4, -0.2) is 45.3 Å². The Morgan fingerprint density at radius 1 is 1.07 bits per heavy atom. The molecule has 10 heteroatoms. The quantitative estimate of drug-likeness (QED) is 0.737. The Morgan fingerprint density at radius 2 is 1.78 bits per heavy atom. The molecule has 27 heavy (non-hydrogen) atoms. The Kier molecular flexibility index (Phi) is 6.59. The Bertz CT molecular complexity index is 951. The third-order valence-electron chi connectivity index (χ3n) is 3.45. The summed E-state index contributed by atoms with van der Waals surface area (Å²) in [5.74, 6) is -2.77. The molecule has 0 fully saturated rings. The molecule has 2 amide bonds. The van der Waals surface area contributed by atoms with Crippen LogP contribution in [0.4, 0.5) is 14.5 Å². The molecular weight excluding hydrogens is 380 g/mol. The number of likely N-dealkylation sites (N-methyl/N-ethyl adjacent to an activating group) is 1. The molecule has 0 spiro atoms. The molecule has 144 valence electrons. The summed E-state index contributed by atoms with van der Waals surface area (Å²) in [6.45, 7) is -1.03. The molecule has 2 aromatic carbocycles. The fourth-order valence-corrected chi connectivity index (χ4v) is 3.15. The predicted molar refractivity (Wildman–Crippen MR) is 94.3 cm³/mol. The number of anilines is 1. The minimum atomic E-state index is -4.22. The number of nitrogens with zero attached hydrogens (tertiary/aromatic N) is 1. The van der Waals surface area contributed by atoms with Crippen LogP contribution in [0.5, 0.6) is 0 Å². The number of hydrogen-bond donors (Lipinski definition) is 2. The fraction of sp³-hybridized carbons (Fsp3) is 0.176. The van der Waals surface area contributed by atoms with E-state index in [1.165, 1.54) is 37.4 Å². The van der Waals surface area contributed by atoms with E-state index in [0.717, 1.165) is 23.1 Å². The van der Waals surface area contributed by atoms with Crippen LogP contribution in [0.25, 0.3) is 0 Å². The van der Waals surface area contributed by atoms with Gasteiger partial charge in [-0.3, -0.25) is 9.59 Å². The third-order valence-corrected chi connectivity index (χ3v) is 4.89. The molecule has 0 unspecified atom stereocenters. The zero-order valence-electron chi connectivity index (χ0n) is 14.3. The number of amides is 2. The number of nitrogens with one attached hydrogen (secondary N) is 2. The number of rotatable bonds is 7. The average Bonchev–Trinajstić information content (AvgIpc) is 2.59. The summed E-state index contributed by atoms with van der Waals surface area (Å²) < 4.78 is 52.7. The number of benzene rings is 2. The van der Waals surface area contributed by atoms with Crippen molar-refractivity contribution in [2.24, 2.45) is 0 Å². The van der Waals surface area contributed by atoms with Crippen LogP contribution in [0.15, 0.2) is 53.4 Å². The van der Waals surface area contributed by atoms with Crippen molar-refractivity contribution in [2.75, 3.05) is 25.5 Å². The summed E-state index contributed by atoms with van der Waals surface area (Å²) in [5, 5.41) is 2.41. The Balaban J connectivity index is 1.90. The molecular formula is C17H17F2N3O4S. The molecule has 0 saturated carbocycles. The molecule has 0 atom stereocenters. The summed E-state index contributed by atoms with van der Waals surface area (Å²) in [6, 6.07) is 9.96. The second-order valence-electron chi connectivity index (χ2n) is 5.56. The van der Waals surface area contributed by atoms with Gasteiger partial charge in [-0.1, -0.05) is 18.2 Å². The molecule has 7 nitrogen and oxygen atoms in total. The first kappa shape index (κ1) is 20.5. The smallest absolute Gasteiger partial charge is 0.243 e. The van der Waals surface area contributed by atoms with Crippen molar-refractivity contribution in [2.45, 2.75) is 4.90 Å². The number of hydrogen-bond acceptors (Lipinski definition) is 4. The molecule has 0 aliphatic heterocycles. The van der Waals surface area contributed by atoms with Crippen LogP contribution < -0.4 is 10.0 Å². The van der Waals surface area contributed by atoms with Gasteiger partial charge in [-0.05, 0) is 30.3 Å². The van der Waals surface area contributed by atoms with Gasteiger partial charge in [0.2, 0.25) is 21.8 Å². The zero-order valence-corrected chi connectivity index (χ0v) is 15.1. The Morgan fingerprint density at radius 3 is 2.44 bits per heavy atom. The maximum Gasteiger partial charge on any atom is 0.243 e. The first-order valence-electron chi connectivity index (χ1n) is 7.72. The van der Waals surface area contributed by atoms with Gasteiger partial charge in [0.25, 0.3) is 0 Å². The van der Waals surface area contributed by atoms with Crippen LogP contribution in [0.3, 0.4) is 0 Å². The highest BCUT2D eigenvalue weighted by Gasteiger charge is 2.21. The Hall–Kier alpha value is -2.85. The molecule has 0 heterocycles. The van der Waals surface area contributed by atoms with Gasteiger partial charge in [0.15, 0.2) is 0 Å². The Labute approximate surface area is 155 Å². The molecule has 0 aliphatic carbocycles. The minimum Gasteiger partial charge on any atom is -0.335 e. The molecule has 0 saturated heterocycles. The molecule has 0 aliphatic rings. The predicted octanol–water partition coefficient (Wildman–Crippen LogP) is 1.34. The lowest BCUT2D eigenvalue weighted by Crippen LogP contribution is -2.41. The van der Waals surface area contributed by atoms with Crippen molar-refractivity contribution in [3.63, 3.8) is 0 Å². The number of halogens is 2. The van der Waals surface area contributed by atoms with Gasteiger partial charge in [0, 0.05) is 12.7 Å². The molecule has 2 N–H and O–H groups in total. The highest BCUT2D eigenvalue weighted by molar-refractivity contribution is 7.89. The van der Waals surface area contributed by atoms with Crippen LogP contribution in [-0.2, 0) is 19.6 Å². The zero-order chi connectivity index (χ0) is 20.0. The summed E-state index contributed by atoms with van der Waals surface area (Å²) in [7, 11) is -2.92. The molecule has 2 rings (SSSR count). The number of carbonyl (C=O) groups is 2. The maximum atomic E-state index is 13.6. The highest BCUT2D eigenvalue weighted by atomic mass is 32.2. The lowest BCUT2D eigenvalue weighted by atomic mass is 10.3. The second kappa shape index (κ2) is 8.69. The lowest BCUT2D eigenvalue weighted by Gasteiger charge is -2.17. The number of sulfonamides is 1. The fourth-order valence-electron chi connectivity index (χ4n) is 2.10. The van der Waals surface area contributed by atoms with Crippen molar-refractivity contribution in [1.82, 2.24) is 9.62 Å². The van der Waals surface area contributed by atoms with Gasteiger partial charge >= 0.3 is 0 Å². The van der Waals surface area contributed by atoms with E-state index in [1.54, 1.807) is 0 Å². The van der Waals surface area contributed by atoms with Crippen LogP contribution >= 0.6 is 0 Å². The first-order chi connectivity index (χ1) is 12.7. The van der Waals surface area contributed by atoms with Gasteiger partial charge in [0.05, 0.1) is 13.1 Å². The van der Waals surface area contributed by atoms with Crippen molar-refractivity contribution < 1.29 is 26.8 Å². The van der Waals surface area contributed by atoms with Crippen molar-refractivity contribution in [1.29, 1.82) is 0 Å². The standard InChI is InChI=1S/C17H17F2N3O4S/c1-22(11-16(23)21-13-6-4-5-12(18)9-13)17(24)10-20-27(25,26)15-8-3-2-7-14(15)19/h2-9,20H,10-11H2,1H3,(H,21,23). The monoisotopic (exact) mass is 397 g/mol. The van der Waals surface area contributed by atoms with Gasteiger partial charge in [0.1, 0.15) is 16.5 Å². The van der Waals surface area contributed by atoms with E-state index in [0.29, 0.717) is 0 Å². The van der Waals surface area contributed by atoms with Gasteiger partial charge < -0.3 is 10.2 Å². The van der Waals surface area contributed by atoms with E-state index in [4.69, 9.17) is 0 Å². The van der Waals surface area contributed by atoms with E-state index < -0.39 is 44.9 Å². The van der Waals surface area contributed by atoms with Gasteiger partial charge in [-0.15, -0.1) is 0 Å². The molecule has 2 aromatic rings. The third kappa shape index (κ3) is 5.83. The van der Waals surface area contributed by atoms with Gasteiger partial charge in [-0.25, -0.2) is 21.9 Å². The average molecular weight is 397 g/mol. The largest absolute Gasteiger partial charge is 0.335 e. The van der Waals surface area contributed by atoms with Crippen LogP contribution in [0.2, 0.25) is 0 Å². The van der Waals surface area contributed by atoms with Crippen LogP contribution in [0, 0.1) is 11.6 Å². The first-order valence-corrected chi connectivity index (χ1v) is 9.21. The summed E-state index contributed by atoms with van der Waals surface area (Å²) in [5.41, 5.74) is 0.223. The summed E-state index contributed by atoms with van der Waals surface area (Å²) in [4.78, 5) is 24.3. The molecule has 0 aromatic heterocycles. The van der Waals surface area contributed by atoms with E-state index in [1.807, 2.05) is 4.72 Å². The number of carbonyl (C=O) groups excluding carboxylic acids is 2. The molecule has 0 bridgehead atoms. The van der Waals surface area contributed by atoms with Crippen LogP contribution in [0.1, 0.15) is 0 Å². The molecule has 0 radical (unpaired) electrons. The lowest BCUT2D eigenvalue weighted by molar-refractivity contribution is -0.132. The van der Waals surface area contributed by atoms with E-state index in [9.17, 15) is 26.8 Å². The highest BCUT2D eigenvalue weighted by Crippen LogP contribution is 2.13. The van der Waals surface area contributed by atoms with E-state index in [-0.39, 0.29) is 12.2 Å². The normalized spacial score (nSPS) is 11.1. The van der Waals surface area contributed by atoms with E-state index >= 15 is 0 Å². The second-order valence-corrected chi connectivity index (χ2v) is 7.30. The van der Waals surface area contributed by atoms with Crippen molar-refractivity contribution >= 4 is 27.5 Å². The minimum absolute atomic E-state index is 0.223. The van der Waals surface area contributed by atoms with Crippen molar-refractivity contribution in [3.8, 4) is 0 Å². The summed E-state index contributed by atoms with van der Waals surface area (Å²) >= 11 is 0. The van der Waals surface area contributed by atoms with Crippen molar-refractivity contribution in [3.05, 3.63) is 60.2 Å². The van der Waals surface area contributed by atoms with Gasteiger partial charge in [-0.2, -0.15) is 0 Å². The maximum absolute atomic E-state index is 13.6. The topological polar surface area (TPSA) is 95.6 Å². The SMILES string of the molecule is CN(CC(=O)Nc1cccc(F)c1)C(=O)CNS(=O)(=O)c1ccccc1F. The van der Waals surface area contributed by atoms with E-state index in [2.05, 4.69) is 5.32 Å². The summed E-state index contributed by atoms with van der Waals surface area (Å²) in [6.07, 6.45) is 0.